The number of fused-ring (bicyclic) bond motifs is 13. The van der Waals surface area contributed by atoms with Crippen molar-refractivity contribution in [3.05, 3.63) is 205 Å². The van der Waals surface area contributed by atoms with Gasteiger partial charge in [0.05, 0.1) is 0 Å². The predicted octanol–water partition coefficient (Wildman–Crippen LogP) is 18.3. The Labute approximate surface area is 372 Å². The highest BCUT2D eigenvalue weighted by molar-refractivity contribution is 7.26. The maximum Gasteiger partial charge on any atom is 0.0361 e. The molecule has 0 atom stereocenters. The standard InChI is InChI=1S/C61H38S2/c1-61(2)53-31-37(36-24-27-56-51(28-36)52-30-39-29-50-44-15-9-10-21-55(44)62-57(50)33-40(39)34-58(52)63-56)22-25-42(53)43-26-23-38(32-54(43)61)59-46-16-5-7-18-48(46)60(49-19-8-6-17-47(49)59)45-20-11-13-35-12-3-4-14-41(35)45/h3-34H,1-2H3. The predicted molar refractivity (Wildman–Crippen MR) is 276 cm³/mol. The molecule has 0 N–H and O–H groups in total. The Kier molecular flexibility index (Phi) is 7.31. The molecular formula is C61H38S2. The van der Waals surface area contributed by atoms with E-state index in [1.807, 2.05) is 22.7 Å². The van der Waals surface area contributed by atoms with Gasteiger partial charge in [-0.1, -0.05) is 153 Å². The Morgan fingerprint density at radius 2 is 0.762 bits per heavy atom. The van der Waals surface area contributed by atoms with Crippen molar-refractivity contribution in [1.29, 1.82) is 0 Å². The zero-order valence-electron chi connectivity index (χ0n) is 34.8. The quantitative estimate of drug-likeness (QED) is 0.156. The second-order valence-corrected chi connectivity index (χ2v) is 20.1. The first kappa shape index (κ1) is 35.5. The number of hydrogen-bond acceptors (Lipinski definition) is 2. The van der Waals surface area contributed by atoms with Crippen molar-refractivity contribution >= 4 is 106 Å². The van der Waals surface area contributed by atoms with Gasteiger partial charge in [-0.05, 0) is 153 Å². The van der Waals surface area contributed by atoms with Crippen LogP contribution in [-0.2, 0) is 5.41 Å². The summed E-state index contributed by atoms with van der Waals surface area (Å²) in [4.78, 5) is 0. The monoisotopic (exact) mass is 834 g/mol. The summed E-state index contributed by atoms with van der Waals surface area (Å²) in [5, 5.41) is 15.7. The summed E-state index contributed by atoms with van der Waals surface area (Å²) in [6, 6.07) is 73.6. The van der Waals surface area contributed by atoms with Crippen molar-refractivity contribution in [3.63, 3.8) is 0 Å². The van der Waals surface area contributed by atoms with E-state index >= 15 is 0 Å². The average molecular weight is 835 g/mol. The van der Waals surface area contributed by atoms with Crippen LogP contribution in [0.4, 0.5) is 0 Å². The first-order valence-electron chi connectivity index (χ1n) is 21.9. The van der Waals surface area contributed by atoms with Crippen LogP contribution < -0.4 is 0 Å². The molecule has 2 heteroatoms. The van der Waals surface area contributed by atoms with Crippen LogP contribution in [0.2, 0.25) is 0 Å². The van der Waals surface area contributed by atoms with Gasteiger partial charge in [0.1, 0.15) is 0 Å². The molecule has 14 rings (SSSR count). The van der Waals surface area contributed by atoms with Crippen LogP contribution in [0.25, 0.3) is 128 Å². The van der Waals surface area contributed by atoms with Crippen molar-refractivity contribution in [2.45, 2.75) is 19.3 Å². The minimum Gasteiger partial charge on any atom is -0.135 e. The van der Waals surface area contributed by atoms with Crippen molar-refractivity contribution in [1.82, 2.24) is 0 Å². The number of benzene rings is 11. The maximum atomic E-state index is 2.50. The lowest BCUT2D eigenvalue weighted by atomic mass is 9.80. The zero-order chi connectivity index (χ0) is 41.6. The van der Waals surface area contributed by atoms with Gasteiger partial charge in [0.15, 0.2) is 0 Å². The first-order chi connectivity index (χ1) is 31.0. The van der Waals surface area contributed by atoms with E-state index in [1.54, 1.807) is 0 Å². The van der Waals surface area contributed by atoms with E-state index in [0.717, 1.165) is 0 Å². The molecule has 0 bridgehead atoms. The van der Waals surface area contributed by atoms with Crippen molar-refractivity contribution < 1.29 is 0 Å². The van der Waals surface area contributed by atoms with E-state index in [2.05, 4.69) is 208 Å². The smallest absolute Gasteiger partial charge is 0.0361 e. The van der Waals surface area contributed by atoms with E-state index in [9.17, 15) is 0 Å². The van der Waals surface area contributed by atoms with E-state index in [1.165, 1.54) is 139 Å². The second kappa shape index (κ2) is 13.0. The van der Waals surface area contributed by atoms with Gasteiger partial charge in [0, 0.05) is 45.8 Å². The minimum absolute atomic E-state index is 0.180. The van der Waals surface area contributed by atoms with E-state index in [-0.39, 0.29) is 5.41 Å². The van der Waals surface area contributed by atoms with Crippen LogP contribution in [0.15, 0.2) is 194 Å². The fourth-order valence-electron chi connectivity index (χ4n) is 11.2. The second-order valence-electron chi connectivity index (χ2n) is 18.0. The fourth-order valence-corrected chi connectivity index (χ4v) is 13.4. The van der Waals surface area contributed by atoms with Gasteiger partial charge in [0.2, 0.25) is 0 Å². The molecule has 2 heterocycles. The lowest BCUT2D eigenvalue weighted by Gasteiger charge is -2.23. The third-order valence-corrected chi connectivity index (χ3v) is 16.5. The Hall–Kier alpha value is -7.10. The van der Waals surface area contributed by atoms with Crippen LogP contribution in [0.1, 0.15) is 25.0 Å². The molecule has 11 aromatic carbocycles. The van der Waals surface area contributed by atoms with E-state index in [0.29, 0.717) is 0 Å². The highest BCUT2D eigenvalue weighted by atomic mass is 32.1. The highest BCUT2D eigenvalue weighted by Gasteiger charge is 2.36. The average Bonchev–Trinajstić information content (AvgIpc) is 3.94. The molecule has 0 nitrogen and oxygen atoms in total. The van der Waals surface area contributed by atoms with E-state index < -0.39 is 0 Å². The first-order valence-corrected chi connectivity index (χ1v) is 23.5. The number of thiophene rings is 2. The van der Waals surface area contributed by atoms with Crippen LogP contribution in [0.5, 0.6) is 0 Å². The van der Waals surface area contributed by atoms with Gasteiger partial charge in [0.25, 0.3) is 0 Å². The number of hydrogen-bond donors (Lipinski definition) is 0. The molecule has 13 aromatic rings. The molecule has 294 valence electrons. The molecule has 0 fully saturated rings. The molecule has 63 heavy (non-hydrogen) atoms. The SMILES string of the molecule is CC1(C)c2cc(-c3ccc4sc5cc6cc7sc8ccccc8c7cc6cc5c4c3)ccc2-c2ccc(-c3c4ccccc4c(-c4cccc5ccccc45)c4ccccc34)cc21. The lowest BCUT2D eigenvalue weighted by Crippen LogP contribution is -2.15. The van der Waals surface area contributed by atoms with Crippen molar-refractivity contribution in [2.24, 2.45) is 0 Å². The molecule has 1 aliphatic rings. The summed E-state index contributed by atoms with van der Waals surface area (Å²) in [5.74, 6) is 0. The number of rotatable bonds is 3. The van der Waals surface area contributed by atoms with Gasteiger partial charge in [-0.15, -0.1) is 22.7 Å². The molecule has 0 radical (unpaired) electrons. The molecule has 0 amide bonds. The Bertz CT molecular complexity index is 4060. The normalized spacial score (nSPS) is 13.4. The van der Waals surface area contributed by atoms with E-state index in [4.69, 9.17) is 0 Å². The largest absolute Gasteiger partial charge is 0.135 e. The molecular weight excluding hydrogens is 797 g/mol. The molecule has 1 aliphatic carbocycles. The summed E-state index contributed by atoms with van der Waals surface area (Å²) < 4.78 is 5.40. The summed E-state index contributed by atoms with van der Waals surface area (Å²) in [6.07, 6.45) is 0. The van der Waals surface area contributed by atoms with Crippen LogP contribution >= 0.6 is 22.7 Å². The minimum atomic E-state index is -0.180. The highest BCUT2D eigenvalue weighted by Crippen LogP contribution is 2.53. The van der Waals surface area contributed by atoms with Gasteiger partial charge in [-0.3, -0.25) is 0 Å². The topological polar surface area (TPSA) is 0 Å². The van der Waals surface area contributed by atoms with Gasteiger partial charge in [-0.2, -0.15) is 0 Å². The summed E-state index contributed by atoms with van der Waals surface area (Å²) in [6.45, 7) is 4.83. The zero-order valence-corrected chi connectivity index (χ0v) is 36.4. The summed E-state index contributed by atoms with van der Waals surface area (Å²) >= 11 is 3.80. The van der Waals surface area contributed by atoms with Crippen LogP contribution in [0.3, 0.4) is 0 Å². The third-order valence-electron chi connectivity index (χ3n) is 14.2. The Morgan fingerprint density at radius 3 is 1.46 bits per heavy atom. The molecule has 0 unspecified atom stereocenters. The Balaban J connectivity index is 0.885. The Morgan fingerprint density at radius 1 is 0.286 bits per heavy atom. The fraction of sp³-hybridized carbons (Fsp3) is 0.0492. The summed E-state index contributed by atoms with van der Waals surface area (Å²) in [5.41, 5.74) is 13.0. The maximum absolute atomic E-state index is 2.50. The van der Waals surface area contributed by atoms with Crippen molar-refractivity contribution in [2.75, 3.05) is 0 Å². The van der Waals surface area contributed by atoms with Gasteiger partial charge >= 0.3 is 0 Å². The van der Waals surface area contributed by atoms with Crippen LogP contribution in [0, 0.1) is 0 Å². The van der Waals surface area contributed by atoms with Crippen molar-refractivity contribution in [3.8, 4) is 44.5 Å². The molecule has 0 spiro atoms. The lowest BCUT2D eigenvalue weighted by molar-refractivity contribution is 0.661. The molecule has 0 saturated heterocycles. The van der Waals surface area contributed by atoms with Gasteiger partial charge < -0.3 is 0 Å². The van der Waals surface area contributed by atoms with Gasteiger partial charge in [-0.25, -0.2) is 0 Å². The third kappa shape index (κ3) is 5.08. The molecule has 0 saturated carbocycles. The molecule has 2 aromatic heterocycles. The summed E-state index contributed by atoms with van der Waals surface area (Å²) in [7, 11) is 0. The molecule has 0 aliphatic heterocycles. The van der Waals surface area contributed by atoms with Crippen LogP contribution in [-0.4, -0.2) is 0 Å².